The van der Waals surface area contributed by atoms with Crippen LogP contribution in [0.15, 0.2) is 53.4 Å². The van der Waals surface area contributed by atoms with Crippen LogP contribution >= 0.6 is 0 Å². The number of nitrogens with one attached hydrogen (secondary N) is 1. The van der Waals surface area contributed by atoms with Crippen molar-refractivity contribution in [3.8, 4) is 11.5 Å². The number of rotatable bonds is 7. The Morgan fingerprint density at radius 3 is 2.36 bits per heavy atom. The lowest BCUT2D eigenvalue weighted by atomic mass is 10.0. The van der Waals surface area contributed by atoms with Gasteiger partial charge in [0.2, 0.25) is 15.9 Å². The van der Waals surface area contributed by atoms with E-state index in [1.54, 1.807) is 53.4 Å². The second-order valence-corrected chi connectivity index (χ2v) is 9.94. The van der Waals surface area contributed by atoms with E-state index in [2.05, 4.69) is 4.72 Å². The van der Waals surface area contributed by atoms with Crippen molar-refractivity contribution in [1.29, 1.82) is 0 Å². The summed E-state index contributed by atoms with van der Waals surface area (Å²) in [5.74, 6) is 0.974. The first kappa shape index (κ1) is 23.3. The third-order valence-electron chi connectivity index (χ3n) is 5.86. The highest BCUT2D eigenvalue weighted by Gasteiger charge is 2.27. The number of fused-ring (bicyclic) bond motifs is 1. The lowest BCUT2D eigenvalue weighted by Crippen LogP contribution is -2.46. The standard InChI is InChI=1S/C24H28N2O6S/c27-21(18-7-9-22-23(17-18)32-16-4-15-31-22)8-10-24(28)26-13-11-19(12-14-26)25-33(29,30)20-5-2-1-3-6-20/h1-3,5-7,9,17,19,25H,4,8,10-16H2. The van der Waals surface area contributed by atoms with E-state index in [1.807, 2.05) is 0 Å². The highest BCUT2D eigenvalue weighted by atomic mass is 32.2. The molecule has 8 nitrogen and oxygen atoms in total. The fourth-order valence-electron chi connectivity index (χ4n) is 3.99. The van der Waals surface area contributed by atoms with Crippen molar-refractivity contribution in [2.24, 2.45) is 0 Å². The second kappa shape index (κ2) is 10.4. The monoisotopic (exact) mass is 472 g/mol. The van der Waals surface area contributed by atoms with E-state index in [1.165, 1.54) is 0 Å². The summed E-state index contributed by atoms with van der Waals surface area (Å²) < 4.78 is 38.9. The third-order valence-corrected chi connectivity index (χ3v) is 7.39. The fraction of sp³-hybridized carbons (Fsp3) is 0.417. The molecule has 0 aromatic heterocycles. The maximum Gasteiger partial charge on any atom is 0.240 e. The predicted molar refractivity (Wildman–Crippen MR) is 122 cm³/mol. The number of hydrogen-bond acceptors (Lipinski definition) is 6. The van der Waals surface area contributed by atoms with E-state index in [0.717, 1.165) is 6.42 Å². The van der Waals surface area contributed by atoms with Crippen molar-refractivity contribution in [1.82, 2.24) is 9.62 Å². The predicted octanol–water partition coefficient (Wildman–Crippen LogP) is 2.78. The van der Waals surface area contributed by atoms with E-state index < -0.39 is 10.0 Å². The van der Waals surface area contributed by atoms with Gasteiger partial charge in [0.1, 0.15) is 0 Å². The van der Waals surface area contributed by atoms with Crippen LogP contribution in [0, 0.1) is 0 Å². The number of nitrogens with zero attached hydrogens (tertiary/aromatic N) is 1. The van der Waals surface area contributed by atoms with Gasteiger partial charge in [-0.15, -0.1) is 0 Å². The molecule has 176 valence electrons. The van der Waals surface area contributed by atoms with Gasteiger partial charge in [-0.3, -0.25) is 9.59 Å². The molecule has 2 heterocycles. The van der Waals surface area contributed by atoms with Crippen LogP contribution in [0.1, 0.15) is 42.5 Å². The molecule has 1 fully saturated rings. The van der Waals surface area contributed by atoms with Crippen molar-refractivity contribution < 1.29 is 27.5 Å². The number of piperidine rings is 1. The Bertz CT molecular complexity index is 1100. The summed E-state index contributed by atoms with van der Waals surface area (Å²) >= 11 is 0. The topological polar surface area (TPSA) is 102 Å². The number of carbonyl (C=O) groups excluding carboxylic acids is 2. The molecule has 1 amide bonds. The van der Waals surface area contributed by atoms with Crippen molar-refractivity contribution in [3.05, 3.63) is 54.1 Å². The molecule has 2 aliphatic heterocycles. The summed E-state index contributed by atoms with van der Waals surface area (Å²) in [7, 11) is -3.58. The van der Waals surface area contributed by atoms with E-state index in [0.29, 0.717) is 56.2 Å². The van der Waals surface area contributed by atoms with Gasteiger partial charge in [0.15, 0.2) is 17.3 Å². The first-order valence-corrected chi connectivity index (χ1v) is 12.7. The van der Waals surface area contributed by atoms with Gasteiger partial charge in [-0.2, -0.15) is 0 Å². The molecule has 33 heavy (non-hydrogen) atoms. The Hall–Kier alpha value is -2.91. The van der Waals surface area contributed by atoms with Gasteiger partial charge in [0, 0.05) is 44.0 Å². The average molecular weight is 473 g/mol. The minimum Gasteiger partial charge on any atom is -0.490 e. The average Bonchev–Trinajstić information content (AvgIpc) is 3.08. The quantitative estimate of drug-likeness (QED) is 0.622. The second-order valence-electron chi connectivity index (χ2n) is 8.22. The van der Waals surface area contributed by atoms with E-state index in [-0.39, 0.29) is 35.5 Å². The van der Waals surface area contributed by atoms with Gasteiger partial charge in [0.05, 0.1) is 18.1 Å². The zero-order valence-corrected chi connectivity index (χ0v) is 19.2. The summed E-state index contributed by atoms with van der Waals surface area (Å²) in [5.41, 5.74) is 0.501. The number of ketones is 1. The molecule has 0 unspecified atom stereocenters. The summed E-state index contributed by atoms with van der Waals surface area (Å²) in [6.07, 6.45) is 2.09. The van der Waals surface area contributed by atoms with Crippen LogP contribution in [0.4, 0.5) is 0 Å². The van der Waals surface area contributed by atoms with Gasteiger partial charge in [-0.1, -0.05) is 18.2 Å². The molecule has 1 N–H and O–H groups in total. The highest BCUT2D eigenvalue weighted by molar-refractivity contribution is 7.89. The van der Waals surface area contributed by atoms with Gasteiger partial charge < -0.3 is 14.4 Å². The van der Waals surface area contributed by atoms with Crippen LogP contribution in [0.2, 0.25) is 0 Å². The van der Waals surface area contributed by atoms with Gasteiger partial charge in [0.25, 0.3) is 0 Å². The van der Waals surface area contributed by atoms with Crippen LogP contribution in [-0.2, 0) is 14.8 Å². The highest BCUT2D eigenvalue weighted by Crippen LogP contribution is 2.31. The minimum atomic E-state index is -3.58. The molecule has 2 aliphatic rings. The molecular weight excluding hydrogens is 444 g/mol. The molecule has 0 saturated carbocycles. The van der Waals surface area contributed by atoms with Crippen molar-refractivity contribution in [3.63, 3.8) is 0 Å². The molecule has 2 aromatic rings. The molecule has 0 spiro atoms. The van der Waals surface area contributed by atoms with Crippen LogP contribution in [0.3, 0.4) is 0 Å². The number of ether oxygens (including phenoxy) is 2. The number of benzene rings is 2. The van der Waals surface area contributed by atoms with E-state index in [4.69, 9.17) is 9.47 Å². The van der Waals surface area contributed by atoms with Gasteiger partial charge in [-0.25, -0.2) is 13.1 Å². The smallest absolute Gasteiger partial charge is 0.240 e. The Morgan fingerprint density at radius 2 is 1.64 bits per heavy atom. The Morgan fingerprint density at radius 1 is 0.939 bits per heavy atom. The molecule has 4 rings (SSSR count). The van der Waals surface area contributed by atoms with E-state index >= 15 is 0 Å². The molecule has 0 radical (unpaired) electrons. The lowest BCUT2D eigenvalue weighted by molar-refractivity contribution is -0.132. The molecule has 0 bridgehead atoms. The first-order chi connectivity index (χ1) is 15.9. The molecule has 1 saturated heterocycles. The number of amides is 1. The minimum absolute atomic E-state index is 0.0953. The maximum atomic E-state index is 12.6. The van der Waals surface area contributed by atoms with Crippen LogP contribution in [-0.4, -0.2) is 57.4 Å². The number of hydrogen-bond donors (Lipinski definition) is 1. The van der Waals surface area contributed by atoms with Crippen LogP contribution in [0.5, 0.6) is 11.5 Å². The van der Waals surface area contributed by atoms with Crippen LogP contribution in [0.25, 0.3) is 0 Å². The lowest BCUT2D eigenvalue weighted by Gasteiger charge is -2.32. The van der Waals surface area contributed by atoms with E-state index in [9.17, 15) is 18.0 Å². The Kier molecular flexibility index (Phi) is 7.29. The third kappa shape index (κ3) is 5.91. The molecular formula is C24H28N2O6S. The number of sulfonamides is 1. The normalized spacial score (nSPS) is 16.8. The summed E-state index contributed by atoms with van der Waals surface area (Å²) in [6.45, 7) is 2.04. The number of likely N-dealkylation sites (tertiary alicyclic amines) is 1. The summed E-state index contributed by atoms with van der Waals surface area (Å²) in [5, 5.41) is 0. The zero-order valence-electron chi connectivity index (χ0n) is 18.4. The van der Waals surface area contributed by atoms with Crippen molar-refractivity contribution >= 4 is 21.7 Å². The largest absolute Gasteiger partial charge is 0.490 e. The molecule has 9 heteroatoms. The summed E-state index contributed by atoms with van der Waals surface area (Å²) in [4.78, 5) is 27.2. The van der Waals surface area contributed by atoms with Crippen LogP contribution < -0.4 is 14.2 Å². The van der Waals surface area contributed by atoms with Gasteiger partial charge >= 0.3 is 0 Å². The Balaban J connectivity index is 1.25. The Labute approximate surface area is 193 Å². The fourth-order valence-corrected chi connectivity index (χ4v) is 5.32. The van der Waals surface area contributed by atoms with Gasteiger partial charge in [-0.05, 0) is 43.2 Å². The maximum absolute atomic E-state index is 12.6. The van der Waals surface area contributed by atoms with Crippen molar-refractivity contribution in [2.75, 3.05) is 26.3 Å². The number of Topliss-reactive ketones (excluding diaryl/α,β-unsaturated/α-hetero) is 1. The molecule has 2 aromatic carbocycles. The summed E-state index contributed by atoms with van der Waals surface area (Å²) in [6, 6.07) is 13.1. The van der Waals surface area contributed by atoms with Crippen molar-refractivity contribution in [2.45, 2.75) is 43.0 Å². The zero-order chi connectivity index (χ0) is 23.3. The molecule has 0 aliphatic carbocycles. The first-order valence-electron chi connectivity index (χ1n) is 11.2. The SMILES string of the molecule is O=C(CCC(=O)N1CCC(NS(=O)(=O)c2ccccc2)CC1)c1ccc2c(c1)OCCCO2. The molecule has 0 atom stereocenters. The number of carbonyl (C=O) groups is 2.